The van der Waals surface area contributed by atoms with E-state index in [-0.39, 0.29) is 5.91 Å². The third-order valence-corrected chi connectivity index (χ3v) is 6.94. The Balaban J connectivity index is 1.60. The van der Waals surface area contributed by atoms with Crippen LogP contribution >= 0.6 is 12.2 Å². The highest BCUT2D eigenvalue weighted by Gasteiger charge is 2.59. The lowest BCUT2D eigenvalue weighted by atomic mass is 9.78. The zero-order chi connectivity index (χ0) is 24.7. The summed E-state index contributed by atoms with van der Waals surface area (Å²) < 4.78 is 17.3. The maximum Gasteiger partial charge on any atom is 0.236 e. The number of anilines is 2. The highest BCUT2D eigenvalue weighted by molar-refractivity contribution is 7.80. The van der Waals surface area contributed by atoms with E-state index < -0.39 is 17.7 Å². The number of carbonyl (C=O) groups is 1. The predicted molar refractivity (Wildman–Crippen MR) is 139 cm³/mol. The summed E-state index contributed by atoms with van der Waals surface area (Å²) in [6.45, 7) is 3.94. The second-order valence-electron chi connectivity index (χ2n) is 8.85. The van der Waals surface area contributed by atoms with Crippen molar-refractivity contribution in [2.45, 2.75) is 25.6 Å². The van der Waals surface area contributed by atoms with Gasteiger partial charge in [0.1, 0.15) is 23.2 Å². The first-order valence-corrected chi connectivity index (χ1v) is 11.7. The molecule has 7 nitrogen and oxygen atoms in total. The topological polar surface area (TPSA) is 72.1 Å². The van der Waals surface area contributed by atoms with Gasteiger partial charge in [0, 0.05) is 16.9 Å². The van der Waals surface area contributed by atoms with Crippen LogP contribution in [-0.4, -0.2) is 31.0 Å². The molecule has 0 saturated carbocycles. The van der Waals surface area contributed by atoms with E-state index in [2.05, 4.69) is 10.6 Å². The molecule has 8 heteroatoms. The molecule has 2 aliphatic rings. The van der Waals surface area contributed by atoms with Crippen LogP contribution < -0.4 is 29.7 Å². The maximum atomic E-state index is 13.9. The van der Waals surface area contributed by atoms with Crippen LogP contribution in [0.3, 0.4) is 0 Å². The van der Waals surface area contributed by atoms with Crippen molar-refractivity contribution < 1.29 is 19.0 Å². The second kappa shape index (κ2) is 8.78. The standard InChI is InChI=1S/C27H27N3O4S/c1-16-5-9-18(10-6-16)30-26(35)29-24-21-15-20(33-4)13-14-22(21)34-27(30,2)23(24)25(31)28-17-7-11-19(32-3)12-8-17/h5-15,23-24H,1-4H3,(H,28,31)(H,29,35)/t23-,24-,27-/m0/s1. The summed E-state index contributed by atoms with van der Waals surface area (Å²) in [4.78, 5) is 15.8. The molecule has 2 bridgehead atoms. The molecule has 2 N–H and O–H groups in total. The predicted octanol–water partition coefficient (Wildman–Crippen LogP) is 4.81. The number of nitrogens with zero attached hydrogens (tertiary/aromatic N) is 1. The summed E-state index contributed by atoms with van der Waals surface area (Å²) in [6, 6.07) is 20.4. The number of fused-ring (bicyclic) bond motifs is 4. The Bertz CT molecular complexity index is 1280. The van der Waals surface area contributed by atoms with Gasteiger partial charge in [0.25, 0.3) is 0 Å². The highest BCUT2D eigenvalue weighted by Crippen LogP contribution is 2.50. The fraction of sp³-hybridized carbons (Fsp3) is 0.259. The van der Waals surface area contributed by atoms with Crippen LogP contribution in [0.5, 0.6) is 17.2 Å². The fourth-order valence-corrected chi connectivity index (χ4v) is 5.28. The molecule has 0 unspecified atom stereocenters. The average Bonchev–Trinajstić information content (AvgIpc) is 2.85. The molecule has 2 heterocycles. The summed E-state index contributed by atoms with van der Waals surface area (Å²) in [6.07, 6.45) is 0. The number of thiocarbonyl (C=S) groups is 1. The van der Waals surface area contributed by atoms with E-state index in [0.717, 1.165) is 16.8 Å². The minimum Gasteiger partial charge on any atom is -0.497 e. The van der Waals surface area contributed by atoms with Crippen molar-refractivity contribution in [3.63, 3.8) is 0 Å². The average molecular weight is 490 g/mol. The molecule has 35 heavy (non-hydrogen) atoms. The zero-order valence-corrected chi connectivity index (χ0v) is 20.8. The van der Waals surface area contributed by atoms with Crippen molar-refractivity contribution in [1.29, 1.82) is 0 Å². The van der Waals surface area contributed by atoms with Crippen LogP contribution in [0.1, 0.15) is 24.1 Å². The van der Waals surface area contributed by atoms with E-state index >= 15 is 0 Å². The van der Waals surface area contributed by atoms with Crippen molar-refractivity contribution in [2.24, 2.45) is 5.92 Å². The molecule has 2 aliphatic heterocycles. The molecule has 3 aromatic rings. The molecule has 5 rings (SSSR count). The number of carbonyl (C=O) groups excluding carboxylic acids is 1. The molecule has 0 aromatic heterocycles. The van der Waals surface area contributed by atoms with E-state index in [1.165, 1.54) is 0 Å². The van der Waals surface area contributed by atoms with Crippen molar-refractivity contribution >= 4 is 34.6 Å². The van der Waals surface area contributed by atoms with Crippen LogP contribution in [0, 0.1) is 12.8 Å². The SMILES string of the molecule is COc1ccc(NC(=O)[C@@H]2[C@H]3NC(=S)N(c4ccc(C)cc4)[C@@]2(C)Oc2ccc(OC)cc23)cc1. The van der Waals surface area contributed by atoms with E-state index in [4.69, 9.17) is 26.4 Å². The molecule has 1 saturated heterocycles. The molecule has 1 amide bonds. The van der Waals surface area contributed by atoms with Gasteiger partial charge in [-0.1, -0.05) is 17.7 Å². The van der Waals surface area contributed by atoms with Gasteiger partial charge in [-0.3, -0.25) is 9.69 Å². The number of ether oxygens (including phenoxy) is 3. The molecule has 0 spiro atoms. The van der Waals surface area contributed by atoms with Crippen molar-refractivity contribution in [3.8, 4) is 17.2 Å². The quantitative estimate of drug-likeness (QED) is 0.498. The van der Waals surface area contributed by atoms with Crippen molar-refractivity contribution in [2.75, 3.05) is 24.4 Å². The summed E-state index contributed by atoms with van der Waals surface area (Å²) in [5.74, 6) is 1.24. The van der Waals surface area contributed by atoms with Crippen LogP contribution in [0.4, 0.5) is 11.4 Å². The third-order valence-electron chi connectivity index (χ3n) is 6.64. The molecule has 1 fully saturated rings. The summed E-state index contributed by atoms with van der Waals surface area (Å²) in [5.41, 5.74) is 2.37. The first-order chi connectivity index (χ1) is 16.8. The Morgan fingerprint density at radius 3 is 2.34 bits per heavy atom. The Kier molecular flexibility index (Phi) is 5.76. The number of aryl methyl sites for hydroxylation is 1. The normalized spacial score (nSPS) is 22.4. The minimum atomic E-state index is -1.08. The number of hydrogen-bond donors (Lipinski definition) is 2. The Morgan fingerprint density at radius 1 is 1.03 bits per heavy atom. The Hall–Kier alpha value is -3.78. The number of nitrogens with one attached hydrogen (secondary N) is 2. The van der Waals surface area contributed by atoms with E-state index in [1.54, 1.807) is 14.2 Å². The second-order valence-corrected chi connectivity index (χ2v) is 9.24. The number of rotatable bonds is 5. The van der Waals surface area contributed by atoms with E-state index in [1.807, 2.05) is 85.5 Å². The Morgan fingerprint density at radius 2 is 1.69 bits per heavy atom. The molecule has 3 atom stereocenters. The van der Waals surface area contributed by atoms with Gasteiger partial charge in [-0.05, 0) is 80.7 Å². The van der Waals surface area contributed by atoms with E-state index in [0.29, 0.717) is 28.0 Å². The van der Waals surface area contributed by atoms with Crippen LogP contribution in [0.25, 0.3) is 0 Å². The lowest BCUT2D eigenvalue weighted by Gasteiger charge is -2.56. The monoisotopic (exact) mass is 489 g/mol. The maximum absolute atomic E-state index is 13.9. The number of hydrogen-bond acceptors (Lipinski definition) is 5. The minimum absolute atomic E-state index is 0.191. The molecular weight excluding hydrogens is 462 g/mol. The lowest BCUT2D eigenvalue weighted by Crippen LogP contribution is -2.72. The van der Waals surface area contributed by atoms with Crippen molar-refractivity contribution in [3.05, 3.63) is 77.9 Å². The van der Waals surface area contributed by atoms with Crippen molar-refractivity contribution in [1.82, 2.24) is 5.32 Å². The van der Waals surface area contributed by atoms with Gasteiger partial charge in [0.05, 0.1) is 20.3 Å². The summed E-state index contributed by atoms with van der Waals surface area (Å²) in [7, 11) is 3.22. The largest absolute Gasteiger partial charge is 0.497 e. The molecule has 0 radical (unpaired) electrons. The highest BCUT2D eigenvalue weighted by atomic mass is 32.1. The van der Waals surface area contributed by atoms with Gasteiger partial charge in [-0.2, -0.15) is 0 Å². The molecule has 3 aromatic carbocycles. The summed E-state index contributed by atoms with van der Waals surface area (Å²) >= 11 is 5.81. The Labute approximate surface area is 210 Å². The number of benzene rings is 3. The lowest BCUT2D eigenvalue weighted by molar-refractivity contribution is -0.130. The third kappa shape index (κ3) is 3.93. The van der Waals surface area contributed by atoms with Gasteiger partial charge >= 0.3 is 0 Å². The van der Waals surface area contributed by atoms with Gasteiger partial charge in [0.2, 0.25) is 5.91 Å². The van der Waals surface area contributed by atoms with Gasteiger partial charge in [-0.15, -0.1) is 0 Å². The summed E-state index contributed by atoms with van der Waals surface area (Å²) in [5, 5.41) is 6.97. The number of amides is 1. The fourth-order valence-electron chi connectivity index (χ4n) is 4.87. The molecule has 180 valence electrons. The van der Waals surface area contributed by atoms with Crippen LogP contribution in [0.15, 0.2) is 66.7 Å². The van der Waals surface area contributed by atoms with Crippen LogP contribution in [-0.2, 0) is 4.79 Å². The molecule has 0 aliphatic carbocycles. The van der Waals surface area contributed by atoms with Gasteiger partial charge in [-0.25, -0.2) is 0 Å². The smallest absolute Gasteiger partial charge is 0.236 e. The van der Waals surface area contributed by atoms with Gasteiger partial charge in [0.15, 0.2) is 10.8 Å². The van der Waals surface area contributed by atoms with Gasteiger partial charge < -0.3 is 24.8 Å². The first kappa shape index (κ1) is 23.0. The van der Waals surface area contributed by atoms with Crippen LogP contribution in [0.2, 0.25) is 0 Å². The first-order valence-electron chi connectivity index (χ1n) is 11.3. The zero-order valence-electron chi connectivity index (χ0n) is 20.0. The van der Waals surface area contributed by atoms with E-state index in [9.17, 15) is 4.79 Å². The number of methoxy groups -OCH3 is 2. The molecular formula is C27H27N3O4S.